The Morgan fingerprint density at radius 2 is 1.73 bits per heavy atom. The van der Waals surface area contributed by atoms with Gasteiger partial charge in [-0.2, -0.15) is 0 Å². The first-order valence-electron chi connectivity index (χ1n) is 16.2. The van der Waals surface area contributed by atoms with Gasteiger partial charge in [0, 0.05) is 69.9 Å². The molecule has 2 aromatic rings. The molecule has 1 aliphatic carbocycles. The molecule has 4 rings (SSSR count). The number of amides is 2. The predicted molar refractivity (Wildman–Crippen MR) is 179 cm³/mol. The van der Waals surface area contributed by atoms with Gasteiger partial charge in [-0.3, -0.25) is 4.79 Å². The smallest absolute Gasteiger partial charge is 0.409 e. The fourth-order valence-corrected chi connectivity index (χ4v) is 5.89. The number of nitrogens with zero attached hydrogens (tertiary/aromatic N) is 2. The number of nitrogens with one attached hydrogen (secondary N) is 1. The Labute approximate surface area is 275 Å². The van der Waals surface area contributed by atoms with Crippen molar-refractivity contribution in [1.82, 2.24) is 15.1 Å². The van der Waals surface area contributed by atoms with E-state index in [1.807, 2.05) is 29.7 Å². The van der Waals surface area contributed by atoms with Crippen LogP contribution in [0.1, 0.15) is 61.9 Å². The van der Waals surface area contributed by atoms with Crippen molar-refractivity contribution in [1.29, 1.82) is 0 Å². The van der Waals surface area contributed by atoms with Gasteiger partial charge in [-0.1, -0.05) is 30.3 Å². The van der Waals surface area contributed by atoms with Gasteiger partial charge in [0.15, 0.2) is 11.5 Å². The molecule has 1 heterocycles. The van der Waals surface area contributed by atoms with Gasteiger partial charge in [0.1, 0.15) is 0 Å². The molecule has 2 amide bonds. The molecule has 0 bridgehead atoms. The van der Waals surface area contributed by atoms with Crippen molar-refractivity contribution in [2.75, 3.05) is 60.2 Å². The van der Waals surface area contributed by atoms with Gasteiger partial charge in [0.05, 0.1) is 20.3 Å². The fraction of sp³-hybridized carbons (Fsp3) is 0.600. The minimum atomic E-state index is -0.222. The highest BCUT2D eigenvalue weighted by Gasteiger charge is 2.33. The van der Waals surface area contributed by atoms with Crippen molar-refractivity contribution in [3.05, 3.63) is 59.7 Å². The van der Waals surface area contributed by atoms with Crippen molar-refractivity contribution in [2.45, 2.75) is 64.5 Å². The molecule has 2 fully saturated rings. The molecule has 2 aromatic carbocycles. The lowest BCUT2D eigenvalue weighted by Crippen LogP contribution is -2.54. The van der Waals surface area contributed by atoms with Crippen molar-refractivity contribution in [2.24, 2.45) is 11.8 Å². The van der Waals surface area contributed by atoms with E-state index < -0.39 is 0 Å². The molecule has 9 nitrogen and oxygen atoms in total. The number of methoxy groups -OCH3 is 2. The summed E-state index contributed by atoms with van der Waals surface area (Å²) in [5, 5.41) is 3.49. The highest BCUT2D eigenvalue weighted by Crippen LogP contribution is 2.31. The molecule has 0 unspecified atom stereocenters. The lowest BCUT2D eigenvalue weighted by atomic mass is 9.94. The normalized spacial score (nSPS) is 17.7. The van der Waals surface area contributed by atoms with Crippen LogP contribution in [0.4, 0.5) is 4.79 Å². The molecule has 0 spiro atoms. The highest BCUT2D eigenvalue weighted by atomic mass is 35.5. The van der Waals surface area contributed by atoms with Gasteiger partial charge in [0.2, 0.25) is 0 Å². The third kappa shape index (κ3) is 11.4. The summed E-state index contributed by atoms with van der Waals surface area (Å²) >= 11 is 0. The second-order valence-electron chi connectivity index (χ2n) is 12.3. The summed E-state index contributed by atoms with van der Waals surface area (Å²) in [4.78, 5) is 30.9. The van der Waals surface area contributed by atoms with E-state index in [1.54, 1.807) is 32.4 Å². The second-order valence-corrected chi connectivity index (χ2v) is 12.3. The van der Waals surface area contributed by atoms with Gasteiger partial charge in [-0.05, 0) is 75.6 Å². The van der Waals surface area contributed by atoms with Crippen LogP contribution in [-0.2, 0) is 15.9 Å². The molecule has 45 heavy (non-hydrogen) atoms. The first-order valence-corrected chi connectivity index (χ1v) is 16.2. The topological polar surface area (TPSA) is 89.6 Å². The van der Waals surface area contributed by atoms with Gasteiger partial charge in [-0.25, -0.2) is 4.79 Å². The van der Waals surface area contributed by atoms with Crippen LogP contribution in [0.3, 0.4) is 0 Å². The number of piperidine rings is 1. The predicted octanol–water partition coefficient (Wildman–Crippen LogP) is 5.84. The SMILES string of the molecule is COCCCOc1cc(C(=O)N(C(C)C)[C@H]2CNC[C@@H](COC(=O)N(CCCc3ccccc3)CC3CC3)C2)ccc1OC.Cl. The van der Waals surface area contributed by atoms with E-state index in [4.69, 9.17) is 18.9 Å². The molecule has 0 aromatic heterocycles. The van der Waals surface area contributed by atoms with E-state index >= 15 is 0 Å². The first-order chi connectivity index (χ1) is 21.4. The van der Waals surface area contributed by atoms with Crippen LogP contribution >= 0.6 is 12.4 Å². The first kappa shape index (κ1) is 36.5. The molecular formula is C35H52ClN3O6. The zero-order valence-electron chi connectivity index (χ0n) is 27.4. The molecular weight excluding hydrogens is 594 g/mol. The average Bonchev–Trinajstić information content (AvgIpc) is 3.86. The number of halogens is 1. The van der Waals surface area contributed by atoms with Crippen LogP contribution < -0.4 is 14.8 Å². The zero-order chi connectivity index (χ0) is 31.3. The number of hydrogen-bond donors (Lipinski definition) is 1. The summed E-state index contributed by atoms with van der Waals surface area (Å²) in [6.45, 7) is 8.40. The molecule has 1 saturated heterocycles. The molecule has 2 aliphatic rings. The highest BCUT2D eigenvalue weighted by molar-refractivity contribution is 5.95. The summed E-state index contributed by atoms with van der Waals surface area (Å²) in [7, 11) is 3.25. The number of aryl methyl sites for hydroxylation is 1. The number of rotatable bonds is 17. The maximum absolute atomic E-state index is 13.9. The number of hydrogen-bond acceptors (Lipinski definition) is 7. The van der Waals surface area contributed by atoms with Gasteiger partial charge >= 0.3 is 6.09 Å². The Kier molecular flexibility index (Phi) is 15.3. The quantitative estimate of drug-likeness (QED) is 0.216. The number of benzene rings is 2. The van der Waals surface area contributed by atoms with Gasteiger partial charge in [-0.15, -0.1) is 12.4 Å². The molecule has 2 atom stereocenters. The third-order valence-corrected chi connectivity index (χ3v) is 8.38. The lowest BCUT2D eigenvalue weighted by Gasteiger charge is -2.40. The third-order valence-electron chi connectivity index (χ3n) is 8.38. The summed E-state index contributed by atoms with van der Waals surface area (Å²) in [5.41, 5.74) is 1.84. The minimum Gasteiger partial charge on any atom is -0.493 e. The summed E-state index contributed by atoms with van der Waals surface area (Å²) in [5.74, 6) is 1.80. The minimum absolute atomic E-state index is 0. The molecule has 1 N–H and O–H groups in total. The Bertz CT molecular complexity index is 1180. The summed E-state index contributed by atoms with van der Waals surface area (Å²) in [6.07, 6.45) is 5.50. The Balaban J connectivity index is 0.00000552. The number of ether oxygens (including phenoxy) is 4. The van der Waals surface area contributed by atoms with Crippen LogP contribution in [0, 0.1) is 11.8 Å². The van der Waals surface area contributed by atoms with Crippen molar-refractivity contribution < 1.29 is 28.5 Å². The van der Waals surface area contributed by atoms with E-state index in [2.05, 4.69) is 29.6 Å². The van der Waals surface area contributed by atoms with Crippen LogP contribution in [0.25, 0.3) is 0 Å². The number of carbonyl (C=O) groups excluding carboxylic acids is 2. The van der Waals surface area contributed by atoms with Crippen molar-refractivity contribution in [3.8, 4) is 11.5 Å². The molecule has 10 heteroatoms. The number of carbonyl (C=O) groups is 2. The Hall–Kier alpha value is -3.01. The maximum atomic E-state index is 13.9. The van der Waals surface area contributed by atoms with Crippen LogP contribution in [0.2, 0.25) is 0 Å². The molecule has 250 valence electrons. The van der Waals surface area contributed by atoms with E-state index in [-0.39, 0.29) is 42.4 Å². The van der Waals surface area contributed by atoms with Crippen LogP contribution in [0.5, 0.6) is 11.5 Å². The fourth-order valence-electron chi connectivity index (χ4n) is 5.89. The molecule has 0 radical (unpaired) electrons. The Morgan fingerprint density at radius 3 is 2.42 bits per heavy atom. The monoisotopic (exact) mass is 645 g/mol. The van der Waals surface area contributed by atoms with E-state index in [1.165, 1.54) is 18.4 Å². The van der Waals surface area contributed by atoms with E-state index in [0.717, 1.165) is 38.8 Å². The summed E-state index contributed by atoms with van der Waals surface area (Å²) in [6, 6.07) is 15.7. The zero-order valence-corrected chi connectivity index (χ0v) is 28.2. The molecule has 1 aliphatic heterocycles. The largest absolute Gasteiger partial charge is 0.493 e. The van der Waals surface area contributed by atoms with E-state index in [9.17, 15) is 9.59 Å². The average molecular weight is 646 g/mol. The maximum Gasteiger partial charge on any atom is 0.409 e. The van der Waals surface area contributed by atoms with Crippen molar-refractivity contribution in [3.63, 3.8) is 0 Å². The van der Waals surface area contributed by atoms with Crippen molar-refractivity contribution >= 4 is 24.4 Å². The van der Waals surface area contributed by atoms with Crippen LogP contribution in [-0.4, -0.2) is 94.1 Å². The second kappa shape index (κ2) is 18.8. The molecule has 1 saturated carbocycles. The van der Waals surface area contributed by atoms with Gasteiger partial charge < -0.3 is 34.1 Å². The van der Waals surface area contributed by atoms with Crippen LogP contribution in [0.15, 0.2) is 48.5 Å². The lowest BCUT2D eigenvalue weighted by molar-refractivity contribution is 0.0436. The Morgan fingerprint density at radius 1 is 0.956 bits per heavy atom. The summed E-state index contributed by atoms with van der Waals surface area (Å²) < 4.78 is 22.4. The van der Waals surface area contributed by atoms with E-state index in [0.29, 0.717) is 55.9 Å². The standard InChI is InChI=1S/C35H51N3O6.ClH/c1-26(2)38(34(39)30-15-16-32(42-4)33(21-30)43-19-9-18-41-3)31-20-29(22-36-23-31)25-44-35(40)37(24-28-13-14-28)17-8-12-27-10-6-5-7-11-27;/h5-7,10-11,15-16,21,26,28-29,31,36H,8-9,12-14,17-20,22-25H2,1-4H3;1H/t29-,31+;/m0./s1. The van der Waals surface area contributed by atoms with Gasteiger partial charge in [0.25, 0.3) is 5.91 Å².